The van der Waals surface area contributed by atoms with Crippen molar-refractivity contribution in [1.82, 2.24) is 4.98 Å². The molecule has 1 heterocycles. The van der Waals surface area contributed by atoms with Gasteiger partial charge in [-0.2, -0.15) is 0 Å². The molecule has 1 aromatic carbocycles. The molecule has 6 heteroatoms. The lowest BCUT2D eigenvalue weighted by atomic mass is 10.3. The molecular weight excluding hydrogens is 234 g/mol. The van der Waals surface area contributed by atoms with E-state index in [2.05, 4.69) is 10.3 Å². The first-order chi connectivity index (χ1) is 8.63. The third-order valence-corrected chi connectivity index (χ3v) is 2.08. The zero-order chi connectivity index (χ0) is 13.0. The van der Waals surface area contributed by atoms with Crippen LogP contribution in [0.15, 0.2) is 42.6 Å². The van der Waals surface area contributed by atoms with Crippen molar-refractivity contribution < 1.29 is 14.6 Å². The maximum absolute atomic E-state index is 10.5. The monoisotopic (exact) mass is 245 g/mol. The molecule has 0 atom stereocenters. The lowest BCUT2D eigenvalue weighted by Crippen LogP contribution is -2.06. The van der Waals surface area contributed by atoms with E-state index in [9.17, 15) is 4.79 Å². The van der Waals surface area contributed by atoms with Gasteiger partial charge in [0.05, 0.1) is 6.20 Å². The van der Waals surface area contributed by atoms with E-state index in [0.717, 1.165) is 0 Å². The number of ether oxygens (including phenoxy) is 1. The highest BCUT2D eigenvalue weighted by atomic mass is 16.5. The molecule has 0 aliphatic carbocycles. The van der Waals surface area contributed by atoms with Crippen molar-refractivity contribution in [1.29, 1.82) is 0 Å². The van der Waals surface area contributed by atoms with Gasteiger partial charge in [-0.15, -0.1) is 0 Å². The fourth-order valence-electron chi connectivity index (χ4n) is 1.35. The minimum atomic E-state index is -1.12. The van der Waals surface area contributed by atoms with Crippen LogP contribution in [0.5, 0.6) is 11.5 Å². The Labute approximate surface area is 103 Å². The number of rotatable bonds is 3. The van der Waals surface area contributed by atoms with E-state index in [0.29, 0.717) is 23.0 Å². The van der Waals surface area contributed by atoms with E-state index in [1.165, 1.54) is 6.20 Å². The number of nitrogens with zero attached hydrogens (tertiary/aromatic N) is 1. The van der Waals surface area contributed by atoms with Gasteiger partial charge >= 0.3 is 6.09 Å². The van der Waals surface area contributed by atoms with Crippen molar-refractivity contribution >= 4 is 17.6 Å². The Kier molecular flexibility index (Phi) is 3.29. The highest BCUT2D eigenvalue weighted by Crippen LogP contribution is 2.23. The Hall–Kier alpha value is -2.76. The molecule has 0 saturated heterocycles. The predicted octanol–water partition coefficient (Wildman–Crippen LogP) is 2.55. The van der Waals surface area contributed by atoms with E-state index in [4.69, 9.17) is 15.6 Å². The van der Waals surface area contributed by atoms with Gasteiger partial charge in [0.2, 0.25) is 0 Å². The zero-order valence-electron chi connectivity index (χ0n) is 9.33. The zero-order valence-corrected chi connectivity index (χ0v) is 9.33. The van der Waals surface area contributed by atoms with Crippen molar-refractivity contribution in [3.05, 3.63) is 42.6 Å². The lowest BCUT2D eigenvalue weighted by Gasteiger charge is -2.07. The molecule has 92 valence electrons. The quantitative estimate of drug-likeness (QED) is 0.771. The maximum Gasteiger partial charge on any atom is 0.409 e. The molecule has 4 N–H and O–H groups in total. The Morgan fingerprint density at radius 3 is 2.78 bits per heavy atom. The second-order valence-corrected chi connectivity index (χ2v) is 3.48. The van der Waals surface area contributed by atoms with Crippen LogP contribution in [-0.4, -0.2) is 16.2 Å². The van der Waals surface area contributed by atoms with E-state index >= 15 is 0 Å². The number of nitrogens with one attached hydrogen (secondary N) is 1. The fraction of sp³-hybridized carbons (Fsp3) is 0. The molecule has 2 aromatic rings. The second kappa shape index (κ2) is 5.05. The third kappa shape index (κ3) is 3.11. The number of amides is 1. The topological polar surface area (TPSA) is 97.5 Å². The summed E-state index contributed by atoms with van der Waals surface area (Å²) in [4.78, 5) is 14.4. The molecule has 18 heavy (non-hydrogen) atoms. The van der Waals surface area contributed by atoms with Crippen molar-refractivity contribution in [2.24, 2.45) is 0 Å². The minimum absolute atomic E-state index is 0.406. The molecule has 0 spiro atoms. The molecule has 1 amide bonds. The van der Waals surface area contributed by atoms with Gasteiger partial charge < -0.3 is 15.6 Å². The second-order valence-electron chi connectivity index (χ2n) is 3.48. The predicted molar refractivity (Wildman–Crippen MR) is 66.8 cm³/mol. The van der Waals surface area contributed by atoms with Gasteiger partial charge in [-0.1, -0.05) is 6.07 Å². The molecule has 6 nitrogen and oxygen atoms in total. The molecule has 0 radical (unpaired) electrons. The minimum Gasteiger partial charge on any atom is -0.465 e. The summed E-state index contributed by atoms with van der Waals surface area (Å²) in [7, 11) is 0. The van der Waals surface area contributed by atoms with Crippen molar-refractivity contribution in [3.8, 4) is 11.5 Å². The highest BCUT2D eigenvalue weighted by Gasteiger charge is 2.01. The van der Waals surface area contributed by atoms with Crippen LogP contribution < -0.4 is 15.8 Å². The van der Waals surface area contributed by atoms with E-state index in [-0.39, 0.29) is 0 Å². The molecule has 0 aliphatic rings. The van der Waals surface area contributed by atoms with Crippen molar-refractivity contribution in [2.75, 3.05) is 11.1 Å². The largest absolute Gasteiger partial charge is 0.465 e. The highest BCUT2D eigenvalue weighted by molar-refractivity contribution is 5.83. The smallest absolute Gasteiger partial charge is 0.409 e. The third-order valence-electron chi connectivity index (χ3n) is 2.08. The lowest BCUT2D eigenvalue weighted by molar-refractivity contribution is 0.210. The number of nitrogens with two attached hydrogens (primary N) is 1. The Morgan fingerprint density at radius 1 is 1.28 bits per heavy atom. The van der Waals surface area contributed by atoms with Gasteiger partial charge in [0.15, 0.2) is 0 Å². The van der Waals surface area contributed by atoms with E-state index in [1.54, 1.807) is 36.4 Å². The molecule has 2 rings (SSSR count). The van der Waals surface area contributed by atoms with Crippen LogP contribution in [0.2, 0.25) is 0 Å². The Balaban J connectivity index is 2.13. The molecule has 1 aromatic heterocycles. The first-order valence-corrected chi connectivity index (χ1v) is 5.13. The standard InChI is InChI=1S/C12H11N3O3/c13-11-5-4-10(7-14-11)18-9-3-1-2-8(6-9)15-12(16)17/h1-7,15H,(H2,13,14)(H,16,17). The van der Waals surface area contributed by atoms with Crippen LogP contribution in [0.3, 0.4) is 0 Å². The number of aromatic nitrogens is 1. The first-order valence-electron chi connectivity index (χ1n) is 5.13. The Bertz CT molecular complexity index is 555. The first kappa shape index (κ1) is 11.7. The number of carboxylic acid groups (broad SMARTS) is 1. The summed E-state index contributed by atoms with van der Waals surface area (Å²) in [6, 6.07) is 9.90. The van der Waals surface area contributed by atoms with Gasteiger partial charge in [0.25, 0.3) is 0 Å². The number of hydrogen-bond donors (Lipinski definition) is 3. The number of benzene rings is 1. The summed E-state index contributed by atoms with van der Waals surface area (Å²) in [5.41, 5.74) is 5.89. The molecular formula is C12H11N3O3. The Morgan fingerprint density at radius 2 is 2.11 bits per heavy atom. The van der Waals surface area contributed by atoms with Crippen LogP contribution in [0, 0.1) is 0 Å². The van der Waals surface area contributed by atoms with Gasteiger partial charge in [-0.3, -0.25) is 5.32 Å². The SMILES string of the molecule is Nc1ccc(Oc2cccc(NC(=O)O)c2)cn1. The van der Waals surface area contributed by atoms with Crippen LogP contribution in [0.4, 0.5) is 16.3 Å². The van der Waals surface area contributed by atoms with Gasteiger partial charge in [-0.25, -0.2) is 9.78 Å². The van der Waals surface area contributed by atoms with Crippen molar-refractivity contribution in [3.63, 3.8) is 0 Å². The summed E-state index contributed by atoms with van der Waals surface area (Å²) in [5, 5.41) is 10.8. The molecule has 0 saturated carbocycles. The van der Waals surface area contributed by atoms with Crippen LogP contribution >= 0.6 is 0 Å². The van der Waals surface area contributed by atoms with E-state index in [1.807, 2.05) is 0 Å². The number of anilines is 2. The average molecular weight is 245 g/mol. The van der Waals surface area contributed by atoms with Crippen LogP contribution in [-0.2, 0) is 0 Å². The fourth-order valence-corrected chi connectivity index (χ4v) is 1.35. The van der Waals surface area contributed by atoms with Crippen LogP contribution in [0.1, 0.15) is 0 Å². The molecule has 0 unspecified atom stereocenters. The number of carbonyl (C=O) groups is 1. The summed E-state index contributed by atoms with van der Waals surface area (Å²) in [6.45, 7) is 0. The van der Waals surface area contributed by atoms with Gasteiger partial charge in [0.1, 0.15) is 17.3 Å². The number of nitrogen functional groups attached to an aromatic ring is 1. The summed E-state index contributed by atoms with van der Waals surface area (Å²) in [5.74, 6) is 1.44. The average Bonchev–Trinajstić information content (AvgIpc) is 2.32. The number of hydrogen-bond acceptors (Lipinski definition) is 4. The van der Waals surface area contributed by atoms with E-state index < -0.39 is 6.09 Å². The molecule has 0 fully saturated rings. The van der Waals surface area contributed by atoms with Crippen molar-refractivity contribution in [2.45, 2.75) is 0 Å². The summed E-state index contributed by atoms with van der Waals surface area (Å²) in [6.07, 6.45) is 0.369. The molecule has 0 bridgehead atoms. The molecule has 0 aliphatic heterocycles. The van der Waals surface area contributed by atoms with Gasteiger partial charge in [-0.05, 0) is 24.3 Å². The van der Waals surface area contributed by atoms with Crippen LogP contribution in [0.25, 0.3) is 0 Å². The summed E-state index contributed by atoms with van der Waals surface area (Å²) < 4.78 is 5.50. The maximum atomic E-state index is 10.5. The van der Waals surface area contributed by atoms with Gasteiger partial charge in [0, 0.05) is 11.8 Å². The number of pyridine rings is 1. The summed E-state index contributed by atoms with van der Waals surface area (Å²) >= 11 is 0. The normalized spacial score (nSPS) is 9.78.